The van der Waals surface area contributed by atoms with E-state index in [-0.39, 0.29) is 0 Å². The molecule has 3 heteroatoms. The van der Waals surface area contributed by atoms with E-state index in [0.29, 0.717) is 0 Å². The Kier molecular flexibility index (Phi) is 9.08. The van der Waals surface area contributed by atoms with Crippen molar-refractivity contribution >= 4 is 5.97 Å². The quantitative estimate of drug-likeness (QED) is 0.612. The van der Waals surface area contributed by atoms with Gasteiger partial charge < -0.3 is 10.0 Å². The molecule has 0 aliphatic carbocycles. The van der Waals surface area contributed by atoms with E-state index in [1.165, 1.54) is 25.7 Å². The van der Waals surface area contributed by atoms with Crippen molar-refractivity contribution in [1.29, 1.82) is 0 Å². The molecule has 108 valence electrons. The first-order valence-electron chi connectivity index (χ1n) is 7.39. The Bertz CT molecular complexity index is 219. The molecule has 0 heterocycles. The summed E-state index contributed by atoms with van der Waals surface area (Å²) in [6, 6.07) is 0. The topological polar surface area (TPSA) is 40.5 Å². The lowest BCUT2D eigenvalue weighted by Crippen LogP contribution is -2.30. The molecule has 18 heavy (non-hydrogen) atoms. The van der Waals surface area contributed by atoms with E-state index in [2.05, 4.69) is 18.7 Å². The van der Waals surface area contributed by atoms with Crippen LogP contribution in [-0.2, 0) is 4.79 Å². The summed E-state index contributed by atoms with van der Waals surface area (Å²) in [6.07, 6.45) is 6.67. The van der Waals surface area contributed by atoms with Crippen molar-refractivity contribution < 1.29 is 9.90 Å². The van der Waals surface area contributed by atoms with E-state index < -0.39 is 11.4 Å². The van der Waals surface area contributed by atoms with E-state index in [9.17, 15) is 4.79 Å². The first kappa shape index (κ1) is 17.4. The van der Waals surface area contributed by atoms with Crippen LogP contribution in [-0.4, -0.2) is 35.6 Å². The second kappa shape index (κ2) is 9.37. The van der Waals surface area contributed by atoms with Gasteiger partial charge in [0.25, 0.3) is 0 Å². The molecule has 0 aliphatic rings. The Labute approximate surface area is 113 Å². The molecule has 1 N–H and O–H groups in total. The third kappa shape index (κ3) is 7.70. The summed E-state index contributed by atoms with van der Waals surface area (Å²) in [6.45, 7) is 11.4. The van der Waals surface area contributed by atoms with Crippen LogP contribution in [0.4, 0.5) is 0 Å². The molecule has 3 nitrogen and oxygen atoms in total. The predicted octanol–water partition coefficient (Wildman–Crippen LogP) is 3.78. The Balaban J connectivity index is 3.97. The number of aliphatic carboxylic acids is 1. The minimum absolute atomic E-state index is 0.582. The second-order valence-electron chi connectivity index (χ2n) is 5.84. The fourth-order valence-corrected chi connectivity index (χ4v) is 1.95. The van der Waals surface area contributed by atoms with Gasteiger partial charge in [0.2, 0.25) is 0 Å². The highest BCUT2D eigenvalue weighted by molar-refractivity contribution is 5.73. The average Bonchev–Trinajstić information content (AvgIpc) is 2.31. The van der Waals surface area contributed by atoms with Gasteiger partial charge in [-0.3, -0.25) is 4.79 Å². The van der Waals surface area contributed by atoms with Gasteiger partial charge in [-0.2, -0.15) is 0 Å². The second-order valence-corrected chi connectivity index (χ2v) is 5.84. The van der Waals surface area contributed by atoms with Gasteiger partial charge in [0.05, 0.1) is 5.41 Å². The lowest BCUT2D eigenvalue weighted by Gasteiger charge is -2.24. The lowest BCUT2D eigenvalue weighted by molar-refractivity contribution is -0.147. The predicted molar refractivity (Wildman–Crippen MR) is 76.9 cm³/mol. The Morgan fingerprint density at radius 2 is 1.44 bits per heavy atom. The summed E-state index contributed by atoms with van der Waals surface area (Å²) in [7, 11) is 0. The SMILES string of the molecule is CCCCN(CCCC)CCCC(C)(C)C(=O)O. The van der Waals surface area contributed by atoms with Gasteiger partial charge in [0.15, 0.2) is 0 Å². The normalized spacial score (nSPS) is 12.1. The number of unbranched alkanes of at least 4 members (excludes halogenated alkanes) is 2. The van der Waals surface area contributed by atoms with Crippen molar-refractivity contribution in [2.45, 2.75) is 66.2 Å². The van der Waals surface area contributed by atoms with Crippen molar-refractivity contribution in [2.24, 2.45) is 5.41 Å². The molecule has 0 saturated heterocycles. The van der Waals surface area contributed by atoms with Gasteiger partial charge in [-0.25, -0.2) is 0 Å². The highest BCUT2D eigenvalue weighted by Crippen LogP contribution is 2.22. The first-order valence-corrected chi connectivity index (χ1v) is 7.39. The van der Waals surface area contributed by atoms with Crippen molar-refractivity contribution in [1.82, 2.24) is 4.90 Å². The number of hydrogen-bond donors (Lipinski definition) is 1. The van der Waals surface area contributed by atoms with Gasteiger partial charge in [-0.05, 0) is 59.2 Å². The fraction of sp³-hybridized carbons (Fsp3) is 0.933. The van der Waals surface area contributed by atoms with Crippen LogP contribution in [0.3, 0.4) is 0 Å². The number of carboxylic acids is 1. The van der Waals surface area contributed by atoms with E-state index in [1.807, 2.05) is 13.8 Å². The van der Waals surface area contributed by atoms with E-state index in [1.54, 1.807) is 0 Å². The van der Waals surface area contributed by atoms with Crippen LogP contribution < -0.4 is 0 Å². The maximum absolute atomic E-state index is 11.0. The molecule has 0 fully saturated rings. The molecule has 0 unspecified atom stereocenters. The summed E-state index contributed by atoms with van der Waals surface area (Å²) in [5.74, 6) is -0.684. The summed E-state index contributed by atoms with van der Waals surface area (Å²) in [5, 5.41) is 9.08. The molecule has 0 amide bonds. The Morgan fingerprint density at radius 3 is 1.83 bits per heavy atom. The zero-order valence-corrected chi connectivity index (χ0v) is 12.7. The van der Waals surface area contributed by atoms with Gasteiger partial charge in [-0.15, -0.1) is 0 Å². The first-order chi connectivity index (χ1) is 8.44. The number of carboxylic acid groups (broad SMARTS) is 1. The van der Waals surface area contributed by atoms with E-state index in [4.69, 9.17) is 5.11 Å². The van der Waals surface area contributed by atoms with Crippen molar-refractivity contribution in [3.05, 3.63) is 0 Å². The molecule has 0 aromatic carbocycles. The summed E-state index contributed by atoms with van der Waals surface area (Å²) >= 11 is 0. The molecule has 0 spiro atoms. The number of nitrogens with zero attached hydrogens (tertiary/aromatic N) is 1. The van der Waals surface area contributed by atoms with E-state index >= 15 is 0 Å². The number of rotatable bonds is 11. The highest BCUT2D eigenvalue weighted by Gasteiger charge is 2.26. The fourth-order valence-electron chi connectivity index (χ4n) is 1.95. The molecule has 0 bridgehead atoms. The number of carbonyl (C=O) groups is 1. The largest absolute Gasteiger partial charge is 0.481 e. The monoisotopic (exact) mass is 257 g/mol. The van der Waals surface area contributed by atoms with Gasteiger partial charge in [0.1, 0.15) is 0 Å². The molecule has 0 saturated carbocycles. The summed E-state index contributed by atoms with van der Waals surface area (Å²) < 4.78 is 0. The lowest BCUT2D eigenvalue weighted by atomic mass is 9.88. The zero-order valence-electron chi connectivity index (χ0n) is 12.7. The molecule has 0 aromatic heterocycles. The van der Waals surface area contributed by atoms with Crippen LogP contribution in [0.5, 0.6) is 0 Å². The van der Waals surface area contributed by atoms with Crippen molar-refractivity contribution in [2.75, 3.05) is 19.6 Å². The Morgan fingerprint density at radius 1 is 1.00 bits per heavy atom. The molecule has 0 aliphatic heterocycles. The average molecular weight is 257 g/mol. The van der Waals surface area contributed by atoms with Gasteiger partial charge >= 0.3 is 5.97 Å². The molecule has 0 rings (SSSR count). The zero-order chi connectivity index (χ0) is 14.0. The standard InChI is InChI=1S/C15H31NO2/c1-5-7-11-16(12-8-6-2)13-9-10-15(3,4)14(17)18/h5-13H2,1-4H3,(H,17,18). The van der Waals surface area contributed by atoms with Crippen LogP contribution in [0.15, 0.2) is 0 Å². The number of hydrogen-bond acceptors (Lipinski definition) is 2. The van der Waals surface area contributed by atoms with Crippen LogP contribution in [0.2, 0.25) is 0 Å². The molecular formula is C15H31NO2. The van der Waals surface area contributed by atoms with Crippen LogP contribution in [0, 0.1) is 5.41 Å². The molecule has 0 radical (unpaired) electrons. The molecule has 0 aromatic rings. The van der Waals surface area contributed by atoms with Crippen molar-refractivity contribution in [3.63, 3.8) is 0 Å². The maximum atomic E-state index is 11.0. The highest BCUT2D eigenvalue weighted by atomic mass is 16.4. The maximum Gasteiger partial charge on any atom is 0.309 e. The van der Waals surface area contributed by atoms with Gasteiger partial charge in [-0.1, -0.05) is 26.7 Å². The summed E-state index contributed by atoms with van der Waals surface area (Å²) in [5.41, 5.74) is -0.582. The van der Waals surface area contributed by atoms with Crippen LogP contribution in [0.25, 0.3) is 0 Å². The molecular weight excluding hydrogens is 226 g/mol. The van der Waals surface area contributed by atoms with Crippen molar-refractivity contribution in [3.8, 4) is 0 Å². The van der Waals surface area contributed by atoms with Gasteiger partial charge in [0, 0.05) is 0 Å². The summed E-state index contributed by atoms with van der Waals surface area (Å²) in [4.78, 5) is 13.5. The minimum atomic E-state index is -0.684. The minimum Gasteiger partial charge on any atom is -0.481 e. The third-order valence-corrected chi connectivity index (χ3v) is 3.51. The van der Waals surface area contributed by atoms with Crippen LogP contribution >= 0.6 is 0 Å². The molecule has 0 atom stereocenters. The van der Waals surface area contributed by atoms with Crippen LogP contribution in [0.1, 0.15) is 66.2 Å². The van der Waals surface area contributed by atoms with E-state index in [0.717, 1.165) is 32.5 Å². The Hall–Kier alpha value is -0.570. The third-order valence-electron chi connectivity index (χ3n) is 3.51. The smallest absolute Gasteiger partial charge is 0.309 e.